The molecular formula is C11H16F3NOS. The molecule has 0 bridgehead atoms. The number of hydrogen-bond donors (Lipinski definition) is 1. The maximum atomic E-state index is 12.4. The van der Waals surface area contributed by atoms with E-state index in [1.54, 1.807) is 0 Å². The Bertz CT molecular complexity index is 360. The minimum Gasteiger partial charge on any atom is -0.385 e. The van der Waals surface area contributed by atoms with Crippen molar-refractivity contribution in [1.82, 2.24) is 4.98 Å². The lowest BCUT2D eigenvalue weighted by Crippen LogP contribution is -2.19. The summed E-state index contributed by atoms with van der Waals surface area (Å²) in [5, 5.41) is 9.19. The first-order valence-electron chi connectivity index (χ1n) is 5.53. The van der Waals surface area contributed by atoms with Crippen LogP contribution in [0.3, 0.4) is 0 Å². The minimum atomic E-state index is -4.43. The van der Waals surface area contributed by atoms with Crippen molar-refractivity contribution >= 4 is 11.3 Å². The van der Waals surface area contributed by atoms with E-state index in [0.29, 0.717) is 17.8 Å². The molecule has 0 radical (unpaired) electrons. The van der Waals surface area contributed by atoms with Gasteiger partial charge in [0.15, 0.2) is 5.01 Å². The van der Waals surface area contributed by atoms with Crippen LogP contribution < -0.4 is 0 Å². The van der Waals surface area contributed by atoms with Crippen molar-refractivity contribution in [3.8, 4) is 0 Å². The van der Waals surface area contributed by atoms with Crippen LogP contribution in [0, 0.1) is 0 Å². The number of alkyl halides is 3. The Morgan fingerprint density at radius 3 is 2.47 bits per heavy atom. The third-order valence-corrected chi connectivity index (χ3v) is 3.84. The van der Waals surface area contributed by atoms with Crippen molar-refractivity contribution in [2.75, 3.05) is 0 Å². The second-order valence-corrected chi connectivity index (χ2v) is 5.29. The molecule has 98 valence electrons. The zero-order chi connectivity index (χ0) is 13.1. The van der Waals surface area contributed by atoms with E-state index >= 15 is 0 Å². The summed E-state index contributed by atoms with van der Waals surface area (Å²) in [6, 6.07) is 0. The third-order valence-electron chi connectivity index (χ3n) is 2.55. The Morgan fingerprint density at radius 2 is 2.00 bits per heavy atom. The Hall–Kier alpha value is -0.620. The number of rotatable bonds is 5. The van der Waals surface area contributed by atoms with Crippen molar-refractivity contribution < 1.29 is 18.3 Å². The molecule has 0 saturated carbocycles. The second-order valence-electron chi connectivity index (χ2n) is 4.26. The molecule has 0 aliphatic rings. The standard InChI is InChI=1S/C11H16F3NOS/c1-3-4-5-6-10(2,16)8-7-15-9(17-8)11(12,13)14/h7,16H,3-6H2,1-2H3. The highest BCUT2D eigenvalue weighted by molar-refractivity contribution is 7.11. The zero-order valence-corrected chi connectivity index (χ0v) is 10.7. The van der Waals surface area contributed by atoms with Gasteiger partial charge in [0.1, 0.15) is 0 Å². The van der Waals surface area contributed by atoms with Gasteiger partial charge in [0, 0.05) is 6.20 Å². The van der Waals surface area contributed by atoms with Gasteiger partial charge in [-0.25, -0.2) is 4.98 Å². The van der Waals surface area contributed by atoms with E-state index in [0.717, 1.165) is 25.5 Å². The normalized spacial score (nSPS) is 15.9. The SMILES string of the molecule is CCCCCC(C)(O)c1cnc(C(F)(F)F)s1. The molecule has 1 N–H and O–H groups in total. The Kier molecular flexibility index (Phi) is 4.55. The van der Waals surface area contributed by atoms with Crippen molar-refractivity contribution in [1.29, 1.82) is 0 Å². The molecule has 0 aromatic carbocycles. The fourth-order valence-corrected chi connectivity index (χ4v) is 2.35. The summed E-state index contributed by atoms with van der Waals surface area (Å²) >= 11 is 0.519. The first-order valence-corrected chi connectivity index (χ1v) is 6.35. The molecule has 1 heterocycles. The van der Waals surface area contributed by atoms with Crippen molar-refractivity contribution in [2.45, 2.75) is 51.3 Å². The molecule has 0 spiro atoms. The number of thiazole rings is 1. The van der Waals surface area contributed by atoms with Crippen LogP contribution >= 0.6 is 11.3 Å². The monoisotopic (exact) mass is 267 g/mol. The van der Waals surface area contributed by atoms with Crippen LogP contribution in [0.5, 0.6) is 0 Å². The van der Waals surface area contributed by atoms with Crippen LogP contribution in [0.15, 0.2) is 6.20 Å². The topological polar surface area (TPSA) is 33.1 Å². The number of halogens is 3. The second kappa shape index (κ2) is 5.35. The highest BCUT2D eigenvalue weighted by Crippen LogP contribution is 2.37. The lowest BCUT2D eigenvalue weighted by molar-refractivity contribution is -0.137. The number of nitrogens with zero attached hydrogens (tertiary/aromatic N) is 1. The highest BCUT2D eigenvalue weighted by atomic mass is 32.1. The van der Waals surface area contributed by atoms with E-state index in [4.69, 9.17) is 0 Å². The van der Waals surface area contributed by atoms with Crippen LogP contribution in [0.2, 0.25) is 0 Å². The van der Waals surface area contributed by atoms with E-state index in [9.17, 15) is 18.3 Å². The Balaban J connectivity index is 2.74. The lowest BCUT2D eigenvalue weighted by atomic mass is 9.97. The molecule has 0 aliphatic heterocycles. The summed E-state index contributed by atoms with van der Waals surface area (Å²) in [5.74, 6) is 0. The summed E-state index contributed by atoms with van der Waals surface area (Å²) in [6.07, 6.45) is -0.0847. The maximum absolute atomic E-state index is 12.4. The first-order chi connectivity index (χ1) is 7.77. The molecule has 1 atom stereocenters. The number of aliphatic hydroxyl groups is 1. The van der Waals surface area contributed by atoms with Crippen LogP contribution in [0.4, 0.5) is 13.2 Å². The van der Waals surface area contributed by atoms with Gasteiger partial charge < -0.3 is 5.11 Å². The quantitative estimate of drug-likeness (QED) is 0.819. The Labute approximate surface area is 103 Å². The zero-order valence-electron chi connectivity index (χ0n) is 9.84. The molecule has 0 saturated heterocycles. The van der Waals surface area contributed by atoms with Crippen molar-refractivity contribution in [2.24, 2.45) is 0 Å². The summed E-state index contributed by atoms with van der Waals surface area (Å²) in [4.78, 5) is 3.59. The van der Waals surface area contributed by atoms with Crippen LogP contribution in [-0.4, -0.2) is 10.1 Å². The van der Waals surface area contributed by atoms with Gasteiger partial charge in [0.25, 0.3) is 0 Å². The lowest BCUT2D eigenvalue weighted by Gasteiger charge is -2.21. The van der Waals surface area contributed by atoms with E-state index in [2.05, 4.69) is 4.98 Å². The summed E-state index contributed by atoms with van der Waals surface area (Å²) in [5.41, 5.74) is -1.21. The molecule has 0 aliphatic carbocycles. The summed E-state index contributed by atoms with van der Waals surface area (Å²) in [7, 11) is 0. The van der Waals surface area contributed by atoms with Gasteiger partial charge in [-0.2, -0.15) is 13.2 Å². The molecule has 2 nitrogen and oxygen atoms in total. The fraction of sp³-hybridized carbons (Fsp3) is 0.727. The summed E-state index contributed by atoms with van der Waals surface area (Å²) < 4.78 is 37.1. The number of aromatic nitrogens is 1. The maximum Gasteiger partial charge on any atom is 0.443 e. The molecular weight excluding hydrogens is 251 g/mol. The number of hydrogen-bond acceptors (Lipinski definition) is 3. The molecule has 6 heteroatoms. The van der Waals surface area contributed by atoms with E-state index in [-0.39, 0.29) is 4.88 Å². The molecule has 0 fully saturated rings. The average molecular weight is 267 g/mol. The highest BCUT2D eigenvalue weighted by Gasteiger charge is 2.36. The fourth-order valence-electron chi connectivity index (χ4n) is 1.50. The smallest absolute Gasteiger partial charge is 0.385 e. The minimum absolute atomic E-state index is 0.279. The molecule has 1 aromatic rings. The predicted molar refractivity (Wildman–Crippen MR) is 60.8 cm³/mol. The van der Waals surface area contributed by atoms with Gasteiger partial charge in [0.2, 0.25) is 0 Å². The van der Waals surface area contributed by atoms with Gasteiger partial charge >= 0.3 is 6.18 Å². The Morgan fingerprint density at radius 1 is 1.35 bits per heavy atom. The van der Waals surface area contributed by atoms with Crippen molar-refractivity contribution in [3.05, 3.63) is 16.1 Å². The average Bonchev–Trinajstić information content (AvgIpc) is 2.66. The third kappa shape index (κ3) is 3.96. The first kappa shape index (κ1) is 14.4. The molecule has 1 unspecified atom stereocenters. The van der Waals surface area contributed by atoms with Gasteiger partial charge in [-0.1, -0.05) is 26.2 Å². The van der Waals surface area contributed by atoms with Crippen LogP contribution in [-0.2, 0) is 11.8 Å². The van der Waals surface area contributed by atoms with Crippen LogP contribution in [0.25, 0.3) is 0 Å². The van der Waals surface area contributed by atoms with Gasteiger partial charge in [-0.3, -0.25) is 0 Å². The van der Waals surface area contributed by atoms with Gasteiger partial charge in [-0.15, -0.1) is 11.3 Å². The molecule has 1 rings (SSSR count). The molecule has 1 aromatic heterocycles. The number of unbranched alkanes of at least 4 members (excludes halogenated alkanes) is 2. The van der Waals surface area contributed by atoms with Gasteiger partial charge in [0.05, 0.1) is 10.5 Å². The van der Waals surface area contributed by atoms with Crippen molar-refractivity contribution in [3.63, 3.8) is 0 Å². The summed E-state index contributed by atoms with van der Waals surface area (Å²) in [6.45, 7) is 3.57. The molecule has 17 heavy (non-hydrogen) atoms. The van der Waals surface area contributed by atoms with Gasteiger partial charge in [-0.05, 0) is 13.3 Å². The largest absolute Gasteiger partial charge is 0.443 e. The van der Waals surface area contributed by atoms with E-state index < -0.39 is 16.8 Å². The van der Waals surface area contributed by atoms with E-state index in [1.807, 2.05) is 6.92 Å². The van der Waals surface area contributed by atoms with E-state index in [1.165, 1.54) is 6.92 Å². The molecule has 0 amide bonds. The predicted octanol–water partition coefficient (Wildman–Crippen LogP) is 3.95. The van der Waals surface area contributed by atoms with Crippen LogP contribution in [0.1, 0.15) is 49.4 Å².